The Labute approximate surface area is 180 Å². The lowest BCUT2D eigenvalue weighted by Gasteiger charge is -2.13. The average Bonchev–Trinajstić information content (AvgIpc) is 3.05. The summed E-state index contributed by atoms with van der Waals surface area (Å²) in [5.74, 6) is -1.03. The van der Waals surface area contributed by atoms with Gasteiger partial charge < -0.3 is 20.0 Å². The van der Waals surface area contributed by atoms with Gasteiger partial charge in [0.25, 0.3) is 0 Å². The topological polar surface area (TPSA) is 145 Å². The lowest BCUT2D eigenvalue weighted by molar-refractivity contribution is -0.142. The number of fused-ring (bicyclic) bond motifs is 1. The van der Waals surface area contributed by atoms with E-state index in [0.717, 1.165) is 6.20 Å². The van der Waals surface area contributed by atoms with Crippen molar-refractivity contribution in [3.8, 4) is 5.75 Å². The summed E-state index contributed by atoms with van der Waals surface area (Å²) in [5.41, 5.74) is 3.93. The largest absolute Gasteiger partial charge is 0.489 e. The summed E-state index contributed by atoms with van der Waals surface area (Å²) in [5, 5.41) is 9.25. The Balaban J connectivity index is 1.94. The van der Waals surface area contributed by atoms with Gasteiger partial charge in [-0.1, -0.05) is 6.07 Å². The van der Waals surface area contributed by atoms with Gasteiger partial charge in [0.05, 0.1) is 6.61 Å². The highest BCUT2D eigenvalue weighted by Gasteiger charge is 2.35. The third-order valence-electron chi connectivity index (χ3n) is 4.42. The fourth-order valence-corrected chi connectivity index (χ4v) is 4.56. The zero-order valence-electron chi connectivity index (χ0n) is 16.5. The van der Waals surface area contributed by atoms with Gasteiger partial charge in [0.15, 0.2) is 5.69 Å². The van der Waals surface area contributed by atoms with Crippen LogP contribution >= 0.6 is 0 Å². The summed E-state index contributed by atoms with van der Waals surface area (Å²) in [6.07, 6.45) is -3.65. The van der Waals surface area contributed by atoms with Crippen molar-refractivity contribution in [3.05, 3.63) is 53.5 Å². The fraction of sp³-hybridized carbons (Fsp3) is 0.263. The first kappa shape index (κ1) is 23.5. The molecule has 2 heterocycles. The number of pyridine rings is 1. The monoisotopic (exact) mass is 473 g/mol. The summed E-state index contributed by atoms with van der Waals surface area (Å²) in [4.78, 5) is 14.3. The number of benzene rings is 1. The summed E-state index contributed by atoms with van der Waals surface area (Å²) < 4.78 is 77.7. The SMILES string of the molecule is Cc1oc2ccc(OCc3cccnc3C(F)(F)F)cc2c1S(=O)(=O)N[C@@H](CO)C(N)=O. The second-order valence-corrected chi connectivity index (χ2v) is 8.35. The van der Waals surface area contributed by atoms with Gasteiger partial charge in [-0.2, -0.15) is 17.9 Å². The van der Waals surface area contributed by atoms with Crippen LogP contribution < -0.4 is 15.2 Å². The van der Waals surface area contributed by atoms with E-state index >= 15 is 0 Å². The number of hydrogen-bond donors (Lipinski definition) is 3. The number of halogens is 3. The number of amides is 1. The Kier molecular flexibility index (Phi) is 6.44. The van der Waals surface area contributed by atoms with Crippen LogP contribution in [0.15, 0.2) is 45.8 Å². The molecule has 13 heteroatoms. The predicted octanol–water partition coefficient (Wildman–Crippen LogP) is 1.86. The highest BCUT2D eigenvalue weighted by molar-refractivity contribution is 7.89. The standard InChI is InChI=1S/C19H18F3N3O6S/c1-10-16(32(28,29)25-14(8-26)18(23)27)13-7-12(4-5-15(13)31-10)30-9-11-3-2-6-24-17(11)19(20,21)22/h2-7,14,25-26H,8-9H2,1H3,(H2,23,27)/t14-/m0/s1. The number of nitrogens with one attached hydrogen (secondary N) is 1. The normalized spacial score (nSPS) is 13.3. The van der Waals surface area contributed by atoms with E-state index in [4.69, 9.17) is 14.9 Å². The number of aromatic nitrogens is 1. The molecule has 0 saturated heterocycles. The number of aryl methyl sites for hydroxylation is 1. The van der Waals surface area contributed by atoms with E-state index in [9.17, 15) is 31.5 Å². The number of aliphatic hydroxyl groups is 1. The number of alkyl halides is 3. The number of carbonyl (C=O) groups is 1. The molecule has 0 saturated carbocycles. The number of rotatable bonds is 8. The van der Waals surface area contributed by atoms with Crippen molar-refractivity contribution in [1.82, 2.24) is 9.71 Å². The molecule has 0 bridgehead atoms. The highest BCUT2D eigenvalue weighted by Crippen LogP contribution is 2.34. The van der Waals surface area contributed by atoms with Crippen molar-refractivity contribution in [1.29, 1.82) is 0 Å². The molecular weight excluding hydrogens is 455 g/mol. The number of nitrogens with two attached hydrogens (primary N) is 1. The van der Waals surface area contributed by atoms with Crippen LogP contribution in [0.25, 0.3) is 11.0 Å². The number of hydrogen-bond acceptors (Lipinski definition) is 7. The van der Waals surface area contributed by atoms with E-state index in [0.29, 0.717) is 0 Å². The summed E-state index contributed by atoms with van der Waals surface area (Å²) in [6, 6.07) is 5.07. The third-order valence-corrected chi connectivity index (χ3v) is 6.06. The molecule has 172 valence electrons. The van der Waals surface area contributed by atoms with Gasteiger partial charge in [-0.25, -0.2) is 8.42 Å². The molecule has 1 atom stereocenters. The minimum atomic E-state index is -4.66. The number of nitrogens with zero attached hydrogens (tertiary/aromatic N) is 1. The highest BCUT2D eigenvalue weighted by atomic mass is 32.2. The van der Waals surface area contributed by atoms with Crippen LogP contribution in [-0.2, 0) is 27.6 Å². The first-order valence-electron chi connectivity index (χ1n) is 9.03. The molecule has 4 N–H and O–H groups in total. The van der Waals surface area contributed by atoms with Crippen molar-refractivity contribution < 1.29 is 40.6 Å². The molecule has 1 amide bonds. The van der Waals surface area contributed by atoms with E-state index in [1.807, 2.05) is 4.72 Å². The van der Waals surface area contributed by atoms with Gasteiger partial charge in [-0.05, 0) is 31.2 Å². The molecule has 32 heavy (non-hydrogen) atoms. The minimum absolute atomic E-state index is 0.0163. The van der Waals surface area contributed by atoms with Gasteiger partial charge in [0.2, 0.25) is 15.9 Å². The molecular formula is C19H18F3N3O6S. The van der Waals surface area contributed by atoms with Crippen LogP contribution in [0, 0.1) is 6.92 Å². The van der Waals surface area contributed by atoms with E-state index < -0.39 is 47.1 Å². The molecule has 0 fully saturated rings. The Bertz CT molecular complexity index is 1260. The van der Waals surface area contributed by atoms with Gasteiger partial charge in [0, 0.05) is 17.1 Å². The molecule has 0 aliphatic carbocycles. The first-order chi connectivity index (χ1) is 14.9. The lowest BCUT2D eigenvalue weighted by Crippen LogP contribution is -2.46. The fourth-order valence-electron chi connectivity index (χ4n) is 3.00. The Morgan fingerprint density at radius 2 is 2.06 bits per heavy atom. The number of ether oxygens (including phenoxy) is 1. The second kappa shape index (κ2) is 8.76. The van der Waals surface area contributed by atoms with Crippen molar-refractivity contribution >= 4 is 26.9 Å². The molecule has 0 aliphatic heterocycles. The van der Waals surface area contributed by atoms with Crippen LogP contribution in [0.2, 0.25) is 0 Å². The molecule has 2 aromatic heterocycles. The van der Waals surface area contributed by atoms with Gasteiger partial charge >= 0.3 is 6.18 Å². The molecule has 0 aliphatic rings. The maximum Gasteiger partial charge on any atom is 0.433 e. The van der Waals surface area contributed by atoms with Gasteiger partial charge in [-0.3, -0.25) is 9.78 Å². The zero-order valence-corrected chi connectivity index (χ0v) is 17.3. The number of primary amides is 1. The van der Waals surface area contributed by atoms with Crippen LogP contribution in [-0.4, -0.2) is 37.1 Å². The van der Waals surface area contributed by atoms with Gasteiger partial charge in [0.1, 0.15) is 34.6 Å². The molecule has 0 radical (unpaired) electrons. The maximum absolute atomic E-state index is 13.1. The molecule has 3 rings (SSSR count). The van der Waals surface area contributed by atoms with Crippen LogP contribution in [0.1, 0.15) is 17.0 Å². The summed E-state index contributed by atoms with van der Waals surface area (Å²) in [7, 11) is -4.36. The average molecular weight is 473 g/mol. The molecule has 9 nitrogen and oxygen atoms in total. The second-order valence-electron chi connectivity index (χ2n) is 6.70. The predicted molar refractivity (Wildman–Crippen MR) is 105 cm³/mol. The van der Waals surface area contributed by atoms with Crippen molar-refractivity contribution in [2.75, 3.05) is 6.61 Å². The van der Waals surface area contributed by atoms with E-state index in [2.05, 4.69) is 4.98 Å². The Hall–Kier alpha value is -3.16. The minimum Gasteiger partial charge on any atom is -0.489 e. The van der Waals surface area contributed by atoms with Crippen LogP contribution in [0.4, 0.5) is 13.2 Å². The lowest BCUT2D eigenvalue weighted by atomic mass is 10.2. The van der Waals surface area contributed by atoms with E-state index in [1.165, 1.54) is 37.3 Å². The number of aliphatic hydroxyl groups excluding tert-OH is 1. The zero-order chi connectivity index (χ0) is 23.7. The quantitative estimate of drug-likeness (QED) is 0.453. The summed E-state index contributed by atoms with van der Waals surface area (Å²) in [6.45, 7) is 0.0442. The number of furan rings is 1. The van der Waals surface area contributed by atoms with E-state index in [1.54, 1.807) is 0 Å². The van der Waals surface area contributed by atoms with Crippen molar-refractivity contribution in [3.63, 3.8) is 0 Å². The Morgan fingerprint density at radius 1 is 1.34 bits per heavy atom. The maximum atomic E-state index is 13.1. The van der Waals surface area contributed by atoms with E-state index in [-0.39, 0.29) is 32.9 Å². The number of sulfonamides is 1. The molecule has 3 aromatic rings. The van der Waals surface area contributed by atoms with Crippen LogP contribution in [0.3, 0.4) is 0 Å². The van der Waals surface area contributed by atoms with Crippen molar-refractivity contribution in [2.24, 2.45) is 5.73 Å². The first-order valence-corrected chi connectivity index (χ1v) is 10.5. The number of carbonyl (C=O) groups excluding carboxylic acids is 1. The smallest absolute Gasteiger partial charge is 0.433 e. The third kappa shape index (κ3) is 4.84. The summed E-state index contributed by atoms with van der Waals surface area (Å²) >= 11 is 0. The van der Waals surface area contributed by atoms with Gasteiger partial charge in [-0.15, -0.1) is 0 Å². The molecule has 0 spiro atoms. The van der Waals surface area contributed by atoms with Crippen molar-refractivity contribution in [2.45, 2.75) is 30.6 Å². The molecule has 1 aromatic carbocycles. The Morgan fingerprint density at radius 3 is 2.69 bits per heavy atom. The molecule has 0 unspecified atom stereocenters. The van der Waals surface area contributed by atoms with Crippen LogP contribution in [0.5, 0.6) is 5.75 Å².